The lowest BCUT2D eigenvalue weighted by atomic mass is 10.1. The molecule has 5 heteroatoms. The van der Waals surface area contributed by atoms with Gasteiger partial charge in [-0.05, 0) is 73.3 Å². The Labute approximate surface area is 171 Å². The first-order valence-electron chi connectivity index (χ1n) is 9.75. The molecule has 1 aromatic heterocycles. The van der Waals surface area contributed by atoms with Crippen molar-refractivity contribution in [1.29, 1.82) is 0 Å². The Bertz CT molecular complexity index is 948. The van der Waals surface area contributed by atoms with Crippen LogP contribution in [0.25, 0.3) is 0 Å². The van der Waals surface area contributed by atoms with Gasteiger partial charge in [0.1, 0.15) is 12.4 Å². The first-order valence-corrected chi connectivity index (χ1v) is 9.75. The Kier molecular flexibility index (Phi) is 6.98. The maximum atomic E-state index is 11.3. The van der Waals surface area contributed by atoms with E-state index in [9.17, 15) is 4.79 Å². The highest BCUT2D eigenvalue weighted by Crippen LogP contribution is 2.25. The van der Waals surface area contributed by atoms with Gasteiger partial charge in [0, 0.05) is 18.3 Å². The van der Waals surface area contributed by atoms with E-state index >= 15 is 0 Å². The van der Waals surface area contributed by atoms with E-state index in [-0.39, 0.29) is 0 Å². The fourth-order valence-corrected chi connectivity index (χ4v) is 3.34. The average Bonchev–Trinajstić information content (AvgIpc) is 2.71. The molecular weight excluding hydrogens is 362 g/mol. The molecule has 0 atom stereocenters. The molecule has 0 aliphatic heterocycles. The molecule has 0 saturated heterocycles. The normalized spacial score (nSPS) is 10.7. The average molecular weight is 389 g/mol. The molecular formula is C24H27N3O2. The number of amides is 1. The number of ether oxygens (including phenoxy) is 1. The van der Waals surface area contributed by atoms with Crippen LogP contribution in [0.3, 0.4) is 0 Å². The standard InChI is InChI=1S/C24H27N3O2/c1-17-12-20(13-18(2)23(17)29-16-22-8-3-4-10-27-22)15-26-11-9-19-6-5-7-21(14-19)24(25)28/h3-8,10,12-14,26H,9,11,15-16H2,1-2H3,(H2,25,28). The van der Waals surface area contributed by atoms with E-state index in [1.165, 1.54) is 5.56 Å². The van der Waals surface area contributed by atoms with Crippen LogP contribution < -0.4 is 15.8 Å². The van der Waals surface area contributed by atoms with Gasteiger partial charge in [-0.1, -0.05) is 30.3 Å². The topological polar surface area (TPSA) is 77.2 Å². The second kappa shape index (κ2) is 9.85. The Morgan fingerprint density at radius 3 is 2.52 bits per heavy atom. The van der Waals surface area contributed by atoms with E-state index in [2.05, 4.69) is 36.3 Å². The van der Waals surface area contributed by atoms with Crippen LogP contribution in [0.4, 0.5) is 0 Å². The Morgan fingerprint density at radius 1 is 1.03 bits per heavy atom. The molecule has 3 aromatic rings. The molecule has 0 aliphatic carbocycles. The first kappa shape index (κ1) is 20.6. The maximum Gasteiger partial charge on any atom is 0.248 e. The summed E-state index contributed by atoms with van der Waals surface area (Å²) >= 11 is 0. The molecule has 3 rings (SSSR count). The molecule has 0 spiro atoms. The second-order valence-corrected chi connectivity index (χ2v) is 7.16. The number of aryl methyl sites for hydroxylation is 2. The second-order valence-electron chi connectivity index (χ2n) is 7.16. The molecule has 0 saturated carbocycles. The summed E-state index contributed by atoms with van der Waals surface area (Å²) in [7, 11) is 0. The molecule has 0 unspecified atom stereocenters. The number of carbonyl (C=O) groups excluding carboxylic acids is 1. The van der Waals surface area contributed by atoms with Crippen molar-refractivity contribution >= 4 is 5.91 Å². The fraction of sp³-hybridized carbons (Fsp3) is 0.250. The van der Waals surface area contributed by atoms with Gasteiger partial charge >= 0.3 is 0 Å². The fourth-order valence-electron chi connectivity index (χ4n) is 3.34. The third-order valence-electron chi connectivity index (χ3n) is 4.74. The van der Waals surface area contributed by atoms with Crippen molar-refractivity contribution in [3.05, 3.63) is 94.3 Å². The number of primary amides is 1. The summed E-state index contributed by atoms with van der Waals surface area (Å²) in [5.74, 6) is 0.527. The number of nitrogens with zero attached hydrogens (tertiary/aromatic N) is 1. The molecule has 0 aliphatic rings. The number of hydrogen-bond acceptors (Lipinski definition) is 4. The Morgan fingerprint density at radius 2 is 1.83 bits per heavy atom. The van der Waals surface area contributed by atoms with E-state index in [0.29, 0.717) is 12.2 Å². The third-order valence-corrected chi connectivity index (χ3v) is 4.74. The predicted molar refractivity (Wildman–Crippen MR) is 115 cm³/mol. The van der Waals surface area contributed by atoms with Crippen LogP contribution in [0.5, 0.6) is 5.75 Å². The number of aromatic nitrogens is 1. The van der Waals surface area contributed by atoms with Crippen LogP contribution in [0.1, 0.15) is 38.3 Å². The maximum absolute atomic E-state index is 11.3. The number of nitrogens with two attached hydrogens (primary N) is 1. The van der Waals surface area contributed by atoms with E-state index < -0.39 is 5.91 Å². The molecule has 150 valence electrons. The number of hydrogen-bond donors (Lipinski definition) is 2. The number of pyridine rings is 1. The molecule has 5 nitrogen and oxygen atoms in total. The molecule has 1 amide bonds. The van der Waals surface area contributed by atoms with Crippen molar-refractivity contribution in [3.63, 3.8) is 0 Å². The molecule has 29 heavy (non-hydrogen) atoms. The van der Waals surface area contributed by atoms with Crippen molar-refractivity contribution in [3.8, 4) is 5.75 Å². The molecule has 1 heterocycles. The Balaban J connectivity index is 1.52. The van der Waals surface area contributed by atoms with Gasteiger partial charge in [-0.2, -0.15) is 0 Å². The number of rotatable bonds is 9. The van der Waals surface area contributed by atoms with Gasteiger partial charge in [0.05, 0.1) is 5.69 Å². The number of carbonyl (C=O) groups is 1. The van der Waals surface area contributed by atoms with E-state index in [1.807, 2.05) is 36.4 Å². The van der Waals surface area contributed by atoms with E-state index in [1.54, 1.807) is 12.3 Å². The van der Waals surface area contributed by atoms with Gasteiger partial charge in [-0.15, -0.1) is 0 Å². The number of nitrogens with one attached hydrogen (secondary N) is 1. The monoisotopic (exact) mass is 389 g/mol. The van der Waals surface area contributed by atoms with Crippen LogP contribution in [-0.2, 0) is 19.6 Å². The smallest absolute Gasteiger partial charge is 0.248 e. The van der Waals surface area contributed by atoms with Crippen molar-refractivity contribution in [2.45, 2.75) is 33.4 Å². The van der Waals surface area contributed by atoms with Crippen molar-refractivity contribution < 1.29 is 9.53 Å². The zero-order chi connectivity index (χ0) is 20.6. The van der Waals surface area contributed by atoms with Gasteiger partial charge in [0.2, 0.25) is 5.91 Å². The summed E-state index contributed by atoms with van der Waals surface area (Å²) in [5, 5.41) is 3.46. The quantitative estimate of drug-likeness (QED) is 0.547. The Hall–Kier alpha value is -3.18. The van der Waals surface area contributed by atoms with Crippen molar-refractivity contribution in [2.24, 2.45) is 5.73 Å². The summed E-state index contributed by atoms with van der Waals surface area (Å²) < 4.78 is 6.00. The lowest BCUT2D eigenvalue weighted by Crippen LogP contribution is -2.17. The zero-order valence-electron chi connectivity index (χ0n) is 16.9. The van der Waals surface area contributed by atoms with Gasteiger partial charge in [0.15, 0.2) is 0 Å². The van der Waals surface area contributed by atoms with Crippen LogP contribution in [0.2, 0.25) is 0 Å². The van der Waals surface area contributed by atoms with Crippen LogP contribution in [-0.4, -0.2) is 17.4 Å². The van der Waals surface area contributed by atoms with Crippen molar-refractivity contribution in [2.75, 3.05) is 6.54 Å². The molecule has 0 radical (unpaired) electrons. The van der Waals surface area contributed by atoms with Gasteiger partial charge in [-0.25, -0.2) is 0 Å². The molecule has 0 bridgehead atoms. The lowest BCUT2D eigenvalue weighted by molar-refractivity contribution is 0.1000. The van der Waals surface area contributed by atoms with Crippen molar-refractivity contribution in [1.82, 2.24) is 10.3 Å². The largest absolute Gasteiger partial charge is 0.487 e. The summed E-state index contributed by atoms with van der Waals surface area (Å²) in [6.45, 7) is 6.19. The highest BCUT2D eigenvalue weighted by Gasteiger charge is 2.08. The third kappa shape index (κ3) is 5.90. The predicted octanol–water partition coefficient (Wildman–Crippen LogP) is 3.71. The summed E-state index contributed by atoms with van der Waals surface area (Å²) in [6.07, 6.45) is 2.61. The van der Waals surface area contributed by atoms with E-state index in [0.717, 1.165) is 47.6 Å². The SMILES string of the molecule is Cc1cc(CNCCc2cccc(C(N)=O)c2)cc(C)c1OCc1ccccn1. The van der Waals surface area contributed by atoms with Crippen LogP contribution in [0, 0.1) is 13.8 Å². The summed E-state index contributed by atoms with van der Waals surface area (Å²) in [5.41, 5.74) is 11.4. The van der Waals surface area contributed by atoms with Crippen LogP contribution in [0.15, 0.2) is 60.8 Å². The molecule has 0 fully saturated rings. The number of benzene rings is 2. The minimum absolute atomic E-state index is 0.392. The highest BCUT2D eigenvalue weighted by atomic mass is 16.5. The minimum Gasteiger partial charge on any atom is -0.487 e. The lowest BCUT2D eigenvalue weighted by Gasteiger charge is -2.14. The van der Waals surface area contributed by atoms with Gasteiger partial charge in [-0.3, -0.25) is 9.78 Å². The minimum atomic E-state index is -0.392. The van der Waals surface area contributed by atoms with Gasteiger partial charge in [0.25, 0.3) is 0 Å². The summed E-state index contributed by atoms with van der Waals surface area (Å²) in [6, 6.07) is 17.6. The first-order chi connectivity index (χ1) is 14.0. The summed E-state index contributed by atoms with van der Waals surface area (Å²) in [4.78, 5) is 15.6. The van der Waals surface area contributed by atoms with Gasteiger partial charge < -0.3 is 15.8 Å². The highest BCUT2D eigenvalue weighted by molar-refractivity contribution is 5.92. The zero-order valence-corrected chi connectivity index (χ0v) is 16.9. The molecule has 3 N–H and O–H groups in total. The van der Waals surface area contributed by atoms with E-state index in [4.69, 9.17) is 10.5 Å². The van der Waals surface area contributed by atoms with Crippen LogP contribution >= 0.6 is 0 Å². The molecule has 2 aromatic carbocycles.